The maximum atomic E-state index is 4.97. The highest BCUT2D eigenvalue weighted by molar-refractivity contribution is 6.07. The van der Waals surface area contributed by atoms with E-state index < -0.39 is 0 Å². The summed E-state index contributed by atoms with van der Waals surface area (Å²) < 4.78 is 0. The molecule has 4 heteroatoms. The van der Waals surface area contributed by atoms with Crippen LogP contribution in [0.3, 0.4) is 0 Å². The van der Waals surface area contributed by atoms with E-state index in [1.807, 2.05) is 60.7 Å². The van der Waals surface area contributed by atoms with E-state index in [-0.39, 0.29) is 11.5 Å². The summed E-state index contributed by atoms with van der Waals surface area (Å²) in [5.41, 5.74) is 16.6. The fourth-order valence-electron chi connectivity index (χ4n) is 9.15. The third kappa shape index (κ3) is 5.95. The summed E-state index contributed by atoms with van der Waals surface area (Å²) >= 11 is 0. The van der Waals surface area contributed by atoms with Gasteiger partial charge in [0.2, 0.25) is 0 Å². The quantitative estimate of drug-likeness (QED) is 0.184. The Morgan fingerprint density at radius 3 is 1.56 bits per heavy atom. The molecule has 2 heterocycles. The van der Waals surface area contributed by atoms with E-state index in [1.165, 1.54) is 66.5 Å². The molecule has 0 saturated heterocycles. The molecule has 9 aromatic rings. The topological polar surface area (TPSA) is 50.7 Å². The minimum atomic E-state index is -0.0893. The van der Waals surface area contributed by atoms with Crippen LogP contribution in [0.5, 0.6) is 0 Å². The van der Waals surface area contributed by atoms with Crippen LogP contribution >= 0.6 is 0 Å². The lowest BCUT2D eigenvalue weighted by Crippen LogP contribution is -2.18. The molecule has 1 N–H and O–H groups in total. The van der Waals surface area contributed by atoms with Gasteiger partial charge in [0.1, 0.15) is 0 Å². The molecule has 0 radical (unpaired) electrons. The largest absolute Gasteiger partial charge is 0.374 e. The molecule has 1 atom stereocenters. The maximum absolute atomic E-state index is 4.97. The molecule has 0 spiro atoms. The second-order valence-electron chi connectivity index (χ2n) is 16.0. The Kier molecular flexibility index (Phi) is 8.19. The lowest BCUT2D eigenvalue weighted by atomic mass is 9.80. The molecule has 0 amide bonds. The molecule has 4 nitrogen and oxygen atoms in total. The zero-order valence-corrected chi connectivity index (χ0v) is 32.9. The minimum absolute atomic E-state index is 0.0230. The van der Waals surface area contributed by atoms with Crippen LogP contribution in [-0.2, 0) is 5.41 Å². The van der Waals surface area contributed by atoms with Crippen LogP contribution in [0.1, 0.15) is 47.7 Å². The van der Waals surface area contributed by atoms with Gasteiger partial charge in [0, 0.05) is 33.4 Å². The van der Waals surface area contributed by atoms with Crippen LogP contribution < -0.4 is 5.32 Å². The summed E-state index contributed by atoms with van der Waals surface area (Å²) in [6, 6.07) is 66.9. The number of fused-ring (bicyclic) bond motifs is 5. The Morgan fingerprint density at radius 1 is 0.407 bits per heavy atom. The molecule has 2 aliphatic rings. The van der Waals surface area contributed by atoms with Crippen molar-refractivity contribution in [3.63, 3.8) is 0 Å². The van der Waals surface area contributed by atoms with Crippen molar-refractivity contribution in [1.29, 1.82) is 0 Å². The standard InChI is InChI=1S/C55H40N4/c1-55(2)48-25-15-14-24-44(48)46-32-47-45(33-50(36-16-6-3-7-17-36)56-51(47)34-49(46)55)43-31-30-40(41-22-12-13-23-42(41)43)35-26-28-39(29-27-35)54-58-52(37-18-8-4-9-19-37)57-53(59-54)38-20-10-5-11-21-38/h3-34,50,56H,1-2H3. The minimum Gasteiger partial charge on any atom is -0.374 e. The van der Waals surface area contributed by atoms with Gasteiger partial charge in [-0.3, -0.25) is 0 Å². The molecule has 59 heavy (non-hydrogen) atoms. The molecule has 0 bridgehead atoms. The summed E-state index contributed by atoms with van der Waals surface area (Å²) in [5.74, 6) is 1.95. The third-order valence-corrected chi connectivity index (χ3v) is 12.2. The van der Waals surface area contributed by atoms with Gasteiger partial charge in [-0.1, -0.05) is 190 Å². The Labute approximate surface area is 344 Å². The van der Waals surface area contributed by atoms with Gasteiger partial charge < -0.3 is 5.32 Å². The Hall–Kier alpha value is -7.43. The van der Waals surface area contributed by atoms with Gasteiger partial charge in [-0.25, -0.2) is 15.0 Å². The van der Waals surface area contributed by atoms with Crippen molar-refractivity contribution in [2.24, 2.45) is 0 Å². The number of nitrogens with zero attached hydrogens (tertiary/aromatic N) is 3. The van der Waals surface area contributed by atoms with Gasteiger partial charge in [0.05, 0.1) is 6.04 Å². The number of benzene rings is 8. The highest BCUT2D eigenvalue weighted by Crippen LogP contribution is 2.53. The van der Waals surface area contributed by atoms with Crippen LogP contribution in [-0.4, -0.2) is 15.0 Å². The second kappa shape index (κ2) is 13.9. The van der Waals surface area contributed by atoms with Crippen LogP contribution in [0.2, 0.25) is 0 Å². The first-order valence-corrected chi connectivity index (χ1v) is 20.3. The maximum Gasteiger partial charge on any atom is 0.164 e. The monoisotopic (exact) mass is 756 g/mol. The van der Waals surface area contributed by atoms with E-state index in [0.717, 1.165) is 22.3 Å². The summed E-state index contributed by atoms with van der Waals surface area (Å²) in [6.45, 7) is 4.70. The van der Waals surface area contributed by atoms with Gasteiger partial charge in [-0.15, -0.1) is 0 Å². The molecular formula is C55H40N4. The highest BCUT2D eigenvalue weighted by atomic mass is 15.0. The van der Waals surface area contributed by atoms with Crippen LogP contribution in [0.25, 0.3) is 72.8 Å². The van der Waals surface area contributed by atoms with Gasteiger partial charge >= 0.3 is 0 Å². The van der Waals surface area contributed by atoms with Gasteiger partial charge in [0.25, 0.3) is 0 Å². The molecule has 280 valence electrons. The van der Waals surface area contributed by atoms with Crippen molar-refractivity contribution in [2.75, 3.05) is 5.32 Å². The molecule has 0 fully saturated rings. The van der Waals surface area contributed by atoms with Crippen molar-refractivity contribution in [1.82, 2.24) is 15.0 Å². The smallest absolute Gasteiger partial charge is 0.164 e. The van der Waals surface area contributed by atoms with E-state index in [0.29, 0.717) is 17.5 Å². The molecule has 1 unspecified atom stereocenters. The van der Waals surface area contributed by atoms with Crippen molar-refractivity contribution < 1.29 is 0 Å². The van der Waals surface area contributed by atoms with Crippen molar-refractivity contribution >= 4 is 22.0 Å². The number of anilines is 1. The predicted molar refractivity (Wildman–Crippen MR) is 243 cm³/mol. The molecule has 1 aliphatic heterocycles. The zero-order valence-electron chi connectivity index (χ0n) is 32.9. The Morgan fingerprint density at radius 2 is 0.915 bits per heavy atom. The molecule has 0 saturated carbocycles. The zero-order chi connectivity index (χ0) is 39.5. The average molecular weight is 757 g/mol. The molecular weight excluding hydrogens is 717 g/mol. The molecule has 1 aromatic heterocycles. The van der Waals surface area contributed by atoms with Crippen LogP contribution in [0, 0.1) is 0 Å². The van der Waals surface area contributed by atoms with E-state index in [9.17, 15) is 0 Å². The molecule has 11 rings (SSSR count). The van der Waals surface area contributed by atoms with Gasteiger partial charge in [0.15, 0.2) is 17.5 Å². The third-order valence-electron chi connectivity index (χ3n) is 12.2. The SMILES string of the molecule is CC1(C)c2ccccc2-c2cc3c(cc21)NC(c1ccccc1)C=C3c1ccc(-c2ccc(-c3nc(-c4ccccc4)nc(-c4ccccc4)n3)cc2)c2ccccc12. The number of nitrogens with one attached hydrogen (secondary N) is 1. The molecule has 8 aromatic carbocycles. The van der Waals surface area contributed by atoms with E-state index in [2.05, 4.69) is 153 Å². The fraction of sp³-hybridized carbons (Fsp3) is 0.0727. The van der Waals surface area contributed by atoms with Crippen molar-refractivity contribution in [3.8, 4) is 56.4 Å². The van der Waals surface area contributed by atoms with Crippen molar-refractivity contribution in [2.45, 2.75) is 25.3 Å². The Bertz CT molecular complexity index is 3020. The average Bonchev–Trinajstić information content (AvgIpc) is 3.53. The number of hydrogen-bond acceptors (Lipinski definition) is 4. The molecule has 1 aliphatic carbocycles. The first kappa shape index (κ1) is 34.8. The highest BCUT2D eigenvalue weighted by Gasteiger charge is 2.37. The van der Waals surface area contributed by atoms with E-state index >= 15 is 0 Å². The summed E-state index contributed by atoms with van der Waals surface area (Å²) in [4.78, 5) is 14.8. The number of rotatable bonds is 6. The number of aromatic nitrogens is 3. The second-order valence-corrected chi connectivity index (χ2v) is 16.0. The van der Waals surface area contributed by atoms with Gasteiger partial charge in [-0.05, 0) is 79.1 Å². The van der Waals surface area contributed by atoms with E-state index in [1.54, 1.807) is 0 Å². The first-order valence-electron chi connectivity index (χ1n) is 20.3. The van der Waals surface area contributed by atoms with Gasteiger partial charge in [-0.2, -0.15) is 0 Å². The first-order chi connectivity index (χ1) is 29.0. The Balaban J connectivity index is 1.02. The van der Waals surface area contributed by atoms with Crippen LogP contribution in [0.15, 0.2) is 194 Å². The van der Waals surface area contributed by atoms with E-state index in [4.69, 9.17) is 15.0 Å². The van der Waals surface area contributed by atoms with Crippen LogP contribution in [0.4, 0.5) is 5.69 Å². The lowest BCUT2D eigenvalue weighted by molar-refractivity contribution is 0.660. The predicted octanol–water partition coefficient (Wildman–Crippen LogP) is 13.6. The normalized spacial score (nSPS) is 14.8. The van der Waals surface area contributed by atoms with Crippen molar-refractivity contribution in [3.05, 3.63) is 222 Å². The summed E-state index contributed by atoms with van der Waals surface area (Å²) in [6.07, 6.45) is 2.43. The summed E-state index contributed by atoms with van der Waals surface area (Å²) in [7, 11) is 0. The summed E-state index contributed by atoms with van der Waals surface area (Å²) in [5, 5.41) is 6.38. The fourth-order valence-corrected chi connectivity index (χ4v) is 9.15. The number of hydrogen-bond donors (Lipinski definition) is 1. The lowest BCUT2D eigenvalue weighted by Gasteiger charge is -2.30.